The summed E-state index contributed by atoms with van der Waals surface area (Å²) in [7, 11) is 0. The molecule has 150 valence electrons. The van der Waals surface area contributed by atoms with E-state index in [9.17, 15) is 4.79 Å². The fourth-order valence-electron chi connectivity index (χ4n) is 3.61. The van der Waals surface area contributed by atoms with Gasteiger partial charge in [0.1, 0.15) is 0 Å². The van der Waals surface area contributed by atoms with Crippen molar-refractivity contribution in [1.82, 2.24) is 14.7 Å². The van der Waals surface area contributed by atoms with Crippen LogP contribution in [-0.2, 0) is 11.3 Å². The van der Waals surface area contributed by atoms with E-state index in [0.29, 0.717) is 5.56 Å². The number of nitrogens with zero attached hydrogens (tertiary/aromatic N) is 3. The second kappa shape index (κ2) is 8.59. The molecule has 1 aromatic heterocycles. The van der Waals surface area contributed by atoms with Crippen LogP contribution in [-0.4, -0.2) is 46.9 Å². The molecule has 1 N–H and O–H groups in total. The van der Waals surface area contributed by atoms with Crippen LogP contribution in [0.15, 0.2) is 54.6 Å². The van der Waals surface area contributed by atoms with E-state index < -0.39 is 0 Å². The molecule has 2 heterocycles. The molecular formula is C23H26N4O2. The lowest BCUT2D eigenvalue weighted by Gasteiger charge is -2.26. The molecule has 29 heavy (non-hydrogen) atoms. The van der Waals surface area contributed by atoms with Crippen molar-refractivity contribution in [2.75, 3.05) is 31.6 Å². The molecule has 0 atom stereocenters. The molecule has 0 spiro atoms. The summed E-state index contributed by atoms with van der Waals surface area (Å²) in [5.41, 5.74) is 5.28. The second-order valence-electron chi connectivity index (χ2n) is 7.33. The highest BCUT2D eigenvalue weighted by molar-refractivity contribution is 6.04. The van der Waals surface area contributed by atoms with Gasteiger partial charge in [-0.25, -0.2) is 4.68 Å². The number of benzene rings is 2. The third kappa shape index (κ3) is 4.39. The monoisotopic (exact) mass is 390 g/mol. The number of nitrogens with one attached hydrogen (secondary N) is 1. The van der Waals surface area contributed by atoms with Crippen molar-refractivity contribution < 1.29 is 9.53 Å². The number of anilines is 1. The number of rotatable bonds is 5. The summed E-state index contributed by atoms with van der Waals surface area (Å²) in [4.78, 5) is 15.2. The van der Waals surface area contributed by atoms with Crippen molar-refractivity contribution in [3.8, 4) is 5.69 Å². The number of amides is 1. The van der Waals surface area contributed by atoms with E-state index in [2.05, 4.69) is 15.3 Å². The molecule has 3 aromatic rings. The zero-order valence-electron chi connectivity index (χ0n) is 16.9. The zero-order chi connectivity index (χ0) is 20.2. The third-order valence-electron chi connectivity index (χ3n) is 5.26. The molecule has 2 aromatic carbocycles. The number of aromatic nitrogens is 2. The van der Waals surface area contributed by atoms with Crippen molar-refractivity contribution in [1.29, 1.82) is 0 Å². The summed E-state index contributed by atoms with van der Waals surface area (Å²) in [5.74, 6) is -0.123. The van der Waals surface area contributed by atoms with Gasteiger partial charge in [-0.3, -0.25) is 9.69 Å². The number of carbonyl (C=O) groups is 1. The average molecular weight is 390 g/mol. The van der Waals surface area contributed by atoms with Crippen LogP contribution in [0.3, 0.4) is 0 Å². The van der Waals surface area contributed by atoms with Crippen molar-refractivity contribution in [3.05, 3.63) is 77.1 Å². The third-order valence-corrected chi connectivity index (χ3v) is 5.26. The SMILES string of the molecule is Cc1nn(-c2ccccc2)c(C)c1NC(=O)c1ccc(CN2CCOCC2)cc1. The number of morpholine rings is 1. The minimum absolute atomic E-state index is 0.123. The summed E-state index contributed by atoms with van der Waals surface area (Å²) < 4.78 is 7.25. The Labute approximate surface area is 171 Å². The first-order chi connectivity index (χ1) is 14.1. The van der Waals surface area contributed by atoms with E-state index in [-0.39, 0.29) is 5.91 Å². The topological polar surface area (TPSA) is 59.4 Å². The predicted octanol–water partition coefficient (Wildman–Crippen LogP) is 3.57. The smallest absolute Gasteiger partial charge is 0.255 e. The Balaban J connectivity index is 1.46. The Kier molecular flexibility index (Phi) is 5.74. The number of hydrogen-bond acceptors (Lipinski definition) is 4. The van der Waals surface area contributed by atoms with Gasteiger partial charge in [0.05, 0.1) is 36.0 Å². The maximum atomic E-state index is 12.8. The molecule has 0 radical (unpaired) electrons. The average Bonchev–Trinajstić information content (AvgIpc) is 3.04. The minimum Gasteiger partial charge on any atom is -0.379 e. The van der Waals surface area contributed by atoms with Gasteiger partial charge in [0.15, 0.2) is 0 Å². The molecule has 1 amide bonds. The van der Waals surface area contributed by atoms with Crippen molar-refractivity contribution in [2.45, 2.75) is 20.4 Å². The van der Waals surface area contributed by atoms with Crippen LogP contribution in [0.5, 0.6) is 0 Å². The fourth-order valence-corrected chi connectivity index (χ4v) is 3.61. The molecule has 6 heteroatoms. The highest BCUT2D eigenvalue weighted by Crippen LogP contribution is 2.23. The van der Waals surface area contributed by atoms with Gasteiger partial charge in [-0.1, -0.05) is 30.3 Å². The lowest BCUT2D eigenvalue weighted by atomic mass is 10.1. The summed E-state index contributed by atoms with van der Waals surface area (Å²) in [6.07, 6.45) is 0. The fraction of sp³-hybridized carbons (Fsp3) is 0.304. The molecule has 0 unspecified atom stereocenters. The van der Waals surface area contributed by atoms with Gasteiger partial charge in [0.25, 0.3) is 5.91 Å². The van der Waals surface area contributed by atoms with Gasteiger partial charge in [0, 0.05) is 25.2 Å². The molecule has 6 nitrogen and oxygen atoms in total. The maximum absolute atomic E-state index is 12.8. The van der Waals surface area contributed by atoms with E-state index >= 15 is 0 Å². The standard InChI is InChI=1S/C23H26N4O2/c1-17-22(18(2)27(25-17)21-6-4-3-5-7-21)24-23(28)20-10-8-19(9-11-20)16-26-12-14-29-15-13-26/h3-11H,12-16H2,1-2H3,(H,24,28). The van der Waals surface area contributed by atoms with Gasteiger partial charge in [0.2, 0.25) is 0 Å². The normalized spacial score (nSPS) is 14.7. The molecule has 1 aliphatic rings. The van der Waals surface area contributed by atoms with Crippen LogP contribution >= 0.6 is 0 Å². The Morgan fingerprint density at radius 1 is 1.03 bits per heavy atom. The highest BCUT2D eigenvalue weighted by Gasteiger charge is 2.16. The molecular weight excluding hydrogens is 364 g/mol. The highest BCUT2D eigenvalue weighted by atomic mass is 16.5. The number of hydrogen-bond donors (Lipinski definition) is 1. The van der Waals surface area contributed by atoms with Crippen molar-refractivity contribution >= 4 is 11.6 Å². The lowest BCUT2D eigenvalue weighted by molar-refractivity contribution is 0.0342. The molecule has 1 aliphatic heterocycles. The first-order valence-electron chi connectivity index (χ1n) is 9.94. The summed E-state index contributed by atoms with van der Waals surface area (Å²) >= 11 is 0. The number of ether oxygens (including phenoxy) is 1. The molecule has 1 saturated heterocycles. The second-order valence-corrected chi connectivity index (χ2v) is 7.33. The van der Waals surface area contributed by atoms with Gasteiger partial charge < -0.3 is 10.1 Å². The van der Waals surface area contributed by atoms with E-state index in [1.54, 1.807) is 0 Å². The Hall–Kier alpha value is -2.96. The van der Waals surface area contributed by atoms with Gasteiger partial charge in [-0.05, 0) is 43.7 Å². The van der Waals surface area contributed by atoms with Gasteiger partial charge >= 0.3 is 0 Å². The molecule has 0 bridgehead atoms. The minimum atomic E-state index is -0.123. The summed E-state index contributed by atoms with van der Waals surface area (Å²) in [6, 6.07) is 17.7. The van der Waals surface area contributed by atoms with Crippen LogP contribution in [0.2, 0.25) is 0 Å². The summed E-state index contributed by atoms with van der Waals surface area (Å²) in [5, 5.41) is 7.63. The first kappa shape index (κ1) is 19.4. The molecule has 0 aliphatic carbocycles. The van der Waals surface area contributed by atoms with Crippen molar-refractivity contribution in [2.24, 2.45) is 0 Å². The maximum Gasteiger partial charge on any atom is 0.255 e. The van der Waals surface area contributed by atoms with E-state index in [0.717, 1.165) is 55.6 Å². The number of para-hydroxylation sites is 1. The lowest BCUT2D eigenvalue weighted by Crippen LogP contribution is -2.35. The molecule has 0 saturated carbocycles. The van der Waals surface area contributed by atoms with E-state index in [1.807, 2.05) is 73.1 Å². The Morgan fingerprint density at radius 2 is 1.72 bits per heavy atom. The van der Waals surface area contributed by atoms with E-state index in [1.165, 1.54) is 5.56 Å². The van der Waals surface area contributed by atoms with Crippen LogP contribution in [0.25, 0.3) is 5.69 Å². The Morgan fingerprint density at radius 3 is 2.41 bits per heavy atom. The van der Waals surface area contributed by atoms with Gasteiger partial charge in [-0.15, -0.1) is 0 Å². The first-order valence-corrected chi connectivity index (χ1v) is 9.94. The van der Waals surface area contributed by atoms with Gasteiger partial charge in [-0.2, -0.15) is 5.10 Å². The van der Waals surface area contributed by atoms with Crippen LogP contribution in [0, 0.1) is 13.8 Å². The van der Waals surface area contributed by atoms with Crippen molar-refractivity contribution in [3.63, 3.8) is 0 Å². The predicted molar refractivity (Wildman–Crippen MR) is 114 cm³/mol. The number of carbonyl (C=O) groups excluding carboxylic acids is 1. The van der Waals surface area contributed by atoms with Crippen LogP contribution < -0.4 is 5.32 Å². The zero-order valence-corrected chi connectivity index (χ0v) is 16.9. The molecule has 4 rings (SSSR count). The summed E-state index contributed by atoms with van der Waals surface area (Å²) in [6.45, 7) is 8.24. The largest absolute Gasteiger partial charge is 0.379 e. The van der Waals surface area contributed by atoms with Crippen LogP contribution in [0.1, 0.15) is 27.3 Å². The van der Waals surface area contributed by atoms with Crippen LogP contribution in [0.4, 0.5) is 5.69 Å². The Bertz CT molecular complexity index is 974. The van der Waals surface area contributed by atoms with E-state index in [4.69, 9.17) is 4.74 Å². The number of aryl methyl sites for hydroxylation is 1. The quantitative estimate of drug-likeness (QED) is 0.724. The molecule has 1 fully saturated rings.